The van der Waals surface area contributed by atoms with Gasteiger partial charge in [0.05, 0.1) is 17.8 Å². The van der Waals surface area contributed by atoms with Crippen molar-refractivity contribution in [3.05, 3.63) is 70.0 Å². The molecule has 2 heterocycles. The number of halogens is 1. The van der Waals surface area contributed by atoms with E-state index in [-0.39, 0.29) is 5.91 Å². The highest BCUT2D eigenvalue weighted by Gasteiger charge is 2.44. The summed E-state index contributed by atoms with van der Waals surface area (Å²) in [6, 6.07) is 13.6. The van der Waals surface area contributed by atoms with Crippen LogP contribution in [0.1, 0.15) is 52.9 Å². The second-order valence-electron chi connectivity index (χ2n) is 8.33. The number of amides is 1. The SMILES string of the molecule is Cc1ccc(Cn2nc(C)c(C(=O)Nc3ccc4c(c3)OC3(CCCC3)O4)c2Cl)cc1. The number of carbonyl (C=O) groups is 1. The number of anilines is 1. The van der Waals surface area contributed by atoms with Crippen LogP contribution in [0, 0.1) is 13.8 Å². The molecule has 6 nitrogen and oxygen atoms in total. The fourth-order valence-corrected chi connectivity index (χ4v) is 4.59. The van der Waals surface area contributed by atoms with Crippen LogP contribution in [-0.2, 0) is 6.54 Å². The molecule has 31 heavy (non-hydrogen) atoms. The molecule has 1 spiro atoms. The Labute approximate surface area is 186 Å². The minimum Gasteiger partial charge on any atom is -0.448 e. The maximum absolute atomic E-state index is 13.0. The standard InChI is InChI=1S/C24H24ClN3O3/c1-15-5-7-17(8-6-15)14-28-22(25)21(16(2)27-28)23(29)26-18-9-10-19-20(13-18)31-24(30-19)11-3-4-12-24/h5-10,13H,3-4,11-12,14H2,1-2H3,(H,26,29). The molecule has 1 fully saturated rings. The van der Waals surface area contributed by atoms with E-state index in [1.165, 1.54) is 5.56 Å². The number of nitrogens with zero attached hydrogens (tertiary/aromatic N) is 2. The maximum atomic E-state index is 13.0. The molecule has 160 valence electrons. The highest BCUT2D eigenvalue weighted by molar-refractivity contribution is 6.33. The Morgan fingerprint density at radius 1 is 1.10 bits per heavy atom. The van der Waals surface area contributed by atoms with Gasteiger partial charge in [0.2, 0.25) is 0 Å². The van der Waals surface area contributed by atoms with E-state index >= 15 is 0 Å². The Balaban J connectivity index is 1.33. The predicted molar refractivity (Wildman–Crippen MR) is 119 cm³/mol. The molecule has 0 saturated heterocycles. The summed E-state index contributed by atoms with van der Waals surface area (Å²) in [5.41, 5.74) is 3.84. The van der Waals surface area contributed by atoms with Gasteiger partial charge in [-0.1, -0.05) is 41.4 Å². The van der Waals surface area contributed by atoms with Gasteiger partial charge in [0, 0.05) is 24.6 Å². The lowest BCUT2D eigenvalue weighted by Gasteiger charge is -2.21. The van der Waals surface area contributed by atoms with Crippen LogP contribution >= 0.6 is 11.6 Å². The van der Waals surface area contributed by atoms with Crippen LogP contribution in [0.2, 0.25) is 5.15 Å². The normalized spacial score (nSPS) is 16.1. The summed E-state index contributed by atoms with van der Waals surface area (Å²) in [5, 5.41) is 7.72. The van der Waals surface area contributed by atoms with Crippen LogP contribution < -0.4 is 14.8 Å². The van der Waals surface area contributed by atoms with E-state index in [0.29, 0.717) is 34.4 Å². The third-order valence-corrected chi connectivity index (χ3v) is 6.29. The maximum Gasteiger partial charge on any atom is 0.260 e. The molecule has 0 radical (unpaired) electrons. The number of carbonyl (C=O) groups excluding carboxylic acids is 1. The zero-order valence-electron chi connectivity index (χ0n) is 17.6. The molecule has 1 aliphatic carbocycles. The molecule has 7 heteroatoms. The molecule has 1 N–H and O–H groups in total. The van der Waals surface area contributed by atoms with Crippen LogP contribution in [0.3, 0.4) is 0 Å². The van der Waals surface area contributed by atoms with Crippen molar-refractivity contribution in [3.63, 3.8) is 0 Å². The Bertz CT molecular complexity index is 1150. The van der Waals surface area contributed by atoms with Gasteiger partial charge in [-0.3, -0.25) is 4.79 Å². The summed E-state index contributed by atoms with van der Waals surface area (Å²) in [6.07, 6.45) is 3.97. The van der Waals surface area contributed by atoms with Crippen LogP contribution in [0.15, 0.2) is 42.5 Å². The van der Waals surface area contributed by atoms with Crippen LogP contribution in [0.4, 0.5) is 5.69 Å². The van der Waals surface area contributed by atoms with E-state index in [9.17, 15) is 4.79 Å². The van der Waals surface area contributed by atoms with Crippen molar-refractivity contribution in [2.24, 2.45) is 0 Å². The number of ether oxygens (including phenoxy) is 2. The number of fused-ring (bicyclic) bond motifs is 1. The monoisotopic (exact) mass is 437 g/mol. The van der Waals surface area contributed by atoms with Gasteiger partial charge >= 0.3 is 0 Å². The summed E-state index contributed by atoms with van der Waals surface area (Å²) < 4.78 is 13.8. The van der Waals surface area contributed by atoms with Crippen molar-refractivity contribution in [3.8, 4) is 11.5 Å². The van der Waals surface area contributed by atoms with Crippen LogP contribution in [0.25, 0.3) is 0 Å². The van der Waals surface area contributed by atoms with E-state index in [1.54, 1.807) is 17.7 Å². The Kier molecular flexibility index (Phi) is 4.89. The first-order valence-corrected chi connectivity index (χ1v) is 10.9. The number of benzene rings is 2. The molecule has 0 unspecified atom stereocenters. The number of nitrogens with one attached hydrogen (secondary N) is 1. The van der Waals surface area contributed by atoms with E-state index < -0.39 is 5.79 Å². The largest absolute Gasteiger partial charge is 0.448 e. The number of hydrogen-bond acceptors (Lipinski definition) is 4. The van der Waals surface area contributed by atoms with Crippen LogP contribution in [0.5, 0.6) is 11.5 Å². The van der Waals surface area contributed by atoms with Crippen molar-refractivity contribution >= 4 is 23.2 Å². The zero-order chi connectivity index (χ0) is 21.6. The number of aryl methyl sites for hydroxylation is 2. The molecular weight excluding hydrogens is 414 g/mol. The van der Waals surface area contributed by atoms with Gasteiger partial charge in [0.1, 0.15) is 5.15 Å². The summed E-state index contributed by atoms with van der Waals surface area (Å²) in [4.78, 5) is 13.0. The van der Waals surface area contributed by atoms with Gasteiger partial charge in [0.15, 0.2) is 11.5 Å². The molecule has 0 atom stereocenters. The van der Waals surface area contributed by atoms with Gasteiger partial charge in [-0.2, -0.15) is 5.10 Å². The summed E-state index contributed by atoms with van der Waals surface area (Å²) in [7, 11) is 0. The molecule has 5 rings (SSSR count). The topological polar surface area (TPSA) is 65.4 Å². The van der Waals surface area contributed by atoms with E-state index in [0.717, 1.165) is 37.0 Å². The third kappa shape index (κ3) is 3.76. The summed E-state index contributed by atoms with van der Waals surface area (Å²) in [6.45, 7) is 4.33. The lowest BCUT2D eigenvalue weighted by molar-refractivity contribution is -0.0716. The van der Waals surface area contributed by atoms with Gasteiger partial charge < -0.3 is 14.8 Å². The number of rotatable bonds is 4. The highest BCUT2D eigenvalue weighted by Crippen LogP contribution is 2.47. The summed E-state index contributed by atoms with van der Waals surface area (Å²) in [5.74, 6) is 0.562. The average Bonchev–Trinajstić information content (AvgIpc) is 3.41. The molecule has 2 aliphatic rings. The van der Waals surface area contributed by atoms with Gasteiger partial charge in [-0.15, -0.1) is 0 Å². The van der Waals surface area contributed by atoms with Crippen molar-refractivity contribution in [1.82, 2.24) is 9.78 Å². The van der Waals surface area contributed by atoms with Gasteiger partial charge in [-0.05, 0) is 44.4 Å². The molecule has 1 saturated carbocycles. The molecule has 1 aliphatic heterocycles. The zero-order valence-corrected chi connectivity index (χ0v) is 18.3. The first-order valence-electron chi connectivity index (χ1n) is 10.5. The van der Waals surface area contributed by atoms with Gasteiger partial charge in [-0.25, -0.2) is 4.68 Å². The van der Waals surface area contributed by atoms with E-state index in [2.05, 4.69) is 10.4 Å². The van der Waals surface area contributed by atoms with Crippen molar-refractivity contribution in [2.45, 2.75) is 51.9 Å². The van der Waals surface area contributed by atoms with E-state index in [4.69, 9.17) is 21.1 Å². The summed E-state index contributed by atoms with van der Waals surface area (Å²) >= 11 is 6.54. The Morgan fingerprint density at radius 3 is 2.55 bits per heavy atom. The predicted octanol–water partition coefficient (Wildman–Crippen LogP) is 5.50. The van der Waals surface area contributed by atoms with Crippen molar-refractivity contribution < 1.29 is 14.3 Å². The molecule has 2 aromatic carbocycles. The molecule has 3 aromatic rings. The van der Waals surface area contributed by atoms with Gasteiger partial charge in [0.25, 0.3) is 11.7 Å². The first-order chi connectivity index (χ1) is 14.9. The minimum absolute atomic E-state index is 0.299. The second-order valence-corrected chi connectivity index (χ2v) is 8.69. The molecule has 1 aromatic heterocycles. The molecule has 1 amide bonds. The number of aromatic nitrogens is 2. The quantitative estimate of drug-likeness (QED) is 0.585. The van der Waals surface area contributed by atoms with Crippen molar-refractivity contribution in [2.75, 3.05) is 5.32 Å². The average molecular weight is 438 g/mol. The lowest BCUT2D eigenvalue weighted by Crippen LogP contribution is -2.34. The highest BCUT2D eigenvalue weighted by atomic mass is 35.5. The first kappa shape index (κ1) is 19.9. The third-order valence-electron chi connectivity index (χ3n) is 5.90. The molecule has 0 bridgehead atoms. The fraction of sp³-hybridized carbons (Fsp3) is 0.333. The Hall–Kier alpha value is -2.99. The van der Waals surface area contributed by atoms with Crippen LogP contribution in [-0.4, -0.2) is 21.5 Å². The molecular formula is C24H24ClN3O3. The lowest BCUT2D eigenvalue weighted by atomic mass is 10.1. The van der Waals surface area contributed by atoms with E-state index in [1.807, 2.05) is 43.3 Å². The smallest absolute Gasteiger partial charge is 0.260 e. The minimum atomic E-state index is -0.526. The second kappa shape index (κ2) is 7.61. The fourth-order valence-electron chi connectivity index (χ4n) is 4.27. The Morgan fingerprint density at radius 2 is 1.81 bits per heavy atom. The number of hydrogen-bond donors (Lipinski definition) is 1. The van der Waals surface area contributed by atoms with Crippen molar-refractivity contribution in [1.29, 1.82) is 0 Å².